The third kappa shape index (κ3) is 3.58. The normalized spacial score (nSPS) is 12.7. The van der Waals surface area contributed by atoms with E-state index in [1.807, 2.05) is 20.8 Å². The van der Waals surface area contributed by atoms with Gasteiger partial charge in [-0.3, -0.25) is 0 Å². The molecule has 0 aliphatic rings. The summed E-state index contributed by atoms with van der Waals surface area (Å²) < 4.78 is 26.3. The van der Waals surface area contributed by atoms with Gasteiger partial charge in [0.15, 0.2) is 0 Å². The zero-order chi connectivity index (χ0) is 14.0. The number of halogens is 2. The molecule has 0 aliphatic carbocycles. The summed E-state index contributed by atoms with van der Waals surface area (Å²) in [5, 5.41) is 4.29. The number of thiazole rings is 1. The first-order valence-electron chi connectivity index (χ1n) is 6.08. The third-order valence-electron chi connectivity index (χ3n) is 2.95. The van der Waals surface area contributed by atoms with E-state index in [4.69, 9.17) is 0 Å². The molecule has 2 nitrogen and oxygen atoms in total. The minimum absolute atomic E-state index is 0.119. The van der Waals surface area contributed by atoms with Gasteiger partial charge in [-0.1, -0.05) is 0 Å². The van der Waals surface area contributed by atoms with Crippen LogP contribution >= 0.6 is 11.3 Å². The minimum Gasteiger partial charge on any atom is -0.305 e. The van der Waals surface area contributed by atoms with Crippen molar-refractivity contribution in [3.05, 3.63) is 51.0 Å². The van der Waals surface area contributed by atoms with E-state index in [9.17, 15) is 8.78 Å². The SMILES string of the molecule is Cc1nc(C)c(CN[C@@H](C)c2cc(F)cc(F)c2)s1. The van der Waals surface area contributed by atoms with E-state index < -0.39 is 11.6 Å². The number of aromatic nitrogens is 1. The monoisotopic (exact) mass is 282 g/mol. The van der Waals surface area contributed by atoms with Gasteiger partial charge in [-0.05, 0) is 38.5 Å². The van der Waals surface area contributed by atoms with Crippen LogP contribution in [-0.2, 0) is 6.54 Å². The molecule has 1 aromatic carbocycles. The van der Waals surface area contributed by atoms with Crippen LogP contribution in [0.25, 0.3) is 0 Å². The Morgan fingerprint density at radius 2 is 1.84 bits per heavy atom. The smallest absolute Gasteiger partial charge is 0.126 e. The highest BCUT2D eigenvalue weighted by Crippen LogP contribution is 2.20. The summed E-state index contributed by atoms with van der Waals surface area (Å²) in [5.74, 6) is -1.10. The number of benzene rings is 1. The van der Waals surface area contributed by atoms with Crippen molar-refractivity contribution in [3.8, 4) is 0 Å². The second-order valence-electron chi connectivity index (χ2n) is 4.55. The van der Waals surface area contributed by atoms with E-state index in [-0.39, 0.29) is 6.04 Å². The molecule has 2 rings (SSSR count). The molecule has 0 saturated carbocycles. The van der Waals surface area contributed by atoms with Crippen LogP contribution in [0, 0.1) is 25.5 Å². The fourth-order valence-corrected chi connectivity index (χ4v) is 2.81. The first-order chi connectivity index (χ1) is 8.95. The summed E-state index contributed by atoms with van der Waals surface area (Å²) in [6, 6.07) is 3.47. The predicted molar refractivity (Wildman–Crippen MR) is 73.2 cm³/mol. The lowest BCUT2D eigenvalue weighted by molar-refractivity contribution is 0.546. The van der Waals surface area contributed by atoms with Crippen LogP contribution in [-0.4, -0.2) is 4.98 Å². The molecule has 0 aliphatic heterocycles. The Balaban J connectivity index is 2.05. The van der Waals surface area contributed by atoms with Gasteiger partial charge in [0.1, 0.15) is 11.6 Å². The van der Waals surface area contributed by atoms with Gasteiger partial charge >= 0.3 is 0 Å². The Labute approximate surface area is 115 Å². The average Bonchev–Trinajstić information content (AvgIpc) is 2.63. The summed E-state index contributed by atoms with van der Waals surface area (Å²) >= 11 is 1.64. The Kier molecular flexibility index (Phi) is 4.27. The maximum Gasteiger partial charge on any atom is 0.126 e. The molecule has 2 aromatic rings. The van der Waals surface area contributed by atoms with Gasteiger partial charge in [-0.15, -0.1) is 11.3 Å². The van der Waals surface area contributed by atoms with Crippen LogP contribution in [0.5, 0.6) is 0 Å². The van der Waals surface area contributed by atoms with Gasteiger partial charge in [-0.2, -0.15) is 0 Å². The van der Waals surface area contributed by atoms with Crippen LogP contribution in [0.15, 0.2) is 18.2 Å². The summed E-state index contributed by atoms with van der Waals surface area (Å²) in [6.45, 7) is 6.47. The van der Waals surface area contributed by atoms with Crippen molar-refractivity contribution in [1.29, 1.82) is 0 Å². The molecule has 1 atom stereocenters. The molecular formula is C14H16F2N2S. The number of hydrogen-bond donors (Lipinski definition) is 1. The first-order valence-corrected chi connectivity index (χ1v) is 6.89. The van der Waals surface area contributed by atoms with E-state index in [1.54, 1.807) is 11.3 Å². The Bertz CT molecular complexity index is 561. The van der Waals surface area contributed by atoms with Crippen molar-refractivity contribution < 1.29 is 8.78 Å². The molecule has 5 heteroatoms. The highest BCUT2D eigenvalue weighted by atomic mass is 32.1. The van der Waals surface area contributed by atoms with Gasteiger partial charge in [0, 0.05) is 23.5 Å². The van der Waals surface area contributed by atoms with Crippen LogP contribution in [0.2, 0.25) is 0 Å². The highest BCUT2D eigenvalue weighted by molar-refractivity contribution is 7.11. The van der Waals surface area contributed by atoms with E-state index in [0.717, 1.165) is 21.6 Å². The molecule has 1 heterocycles. The van der Waals surface area contributed by atoms with E-state index in [1.165, 1.54) is 12.1 Å². The molecule has 0 unspecified atom stereocenters. The molecule has 1 N–H and O–H groups in total. The van der Waals surface area contributed by atoms with Gasteiger partial charge in [0.2, 0.25) is 0 Å². The molecule has 0 fully saturated rings. The molecule has 0 spiro atoms. The van der Waals surface area contributed by atoms with Crippen molar-refractivity contribution in [3.63, 3.8) is 0 Å². The number of hydrogen-bond acceptors (Lipinski definition) is 3. The number of nitrogens with one attached hydrogen (secondary N) is 1. The van der Waals surface area contributed by atoms with Gasteiger partial charge in [-0.25, -0.2) is 13.8 Å². The standard InChI is InChI=1S/C14H16F2N2S/c1-8(11-4-12(15)6-13(16)5-11)17-7-14-9(2)18-10(3)19-14/h4-6,8,17H,7H2,1-3H3/t8-/m0/s1. The van der Waals surface area contributed by atoms with Crippen molar-refractivity contribution in [2.75, 3.05) is 0 Å². The molecule has 0 radical (unpaired) electrons. The highest BCUT2D eigenvalue weighted by Gasteiger charge is 2.10. The fraction of sp³-hybridized carbons (Fsp3) is 0.357. The maximum absolute atomic E-state index is 13.1. The molecule has 0 saturated heterocycles. The van der Waals surface area contributed by atoms with Gasteiger partial charge < -0.3 is 5.32 Å². The quantitative estimate of drug-likeness (QED) is 0.920. The second-order valence-corrected chi connectivity index (χ2v) is 5.83. The fourth-order valence-electron chi connectivity index (χ4n) is 1.93. The Morgan fingerprint density at radius 1 is 1.21 bits per heavy atom. The van der Waals surface area contributed by atoms with Gasteiger partial charge in [0.25, 0.3) is 0 Å². The zero-order valence-corrected chi connectivity index (χ0v) is 11.9. The van der Waals surface area contributed by atoms with Crippen LogP contribution in [0.3, 0.4) is 0 Å². The Morgan fingerprint density at radius 3 is 2.37 bits per heavy atom. The largest absolute Gasteiger partial charge is 0.305 e. The lowest BCUT2D eigenvalue weighted by atomic mass is 10.1. The molecule has 1 aromatic heterocycles. The molecule has 102 valence electrons. The molecule has 0 bridgehead atoms. The maximum atomic E-state index is 13.1. The Hall–Kier alpha value is -1.33. The summed E-state index contributed by atoms with van der Waals surface area (Å²) in [4.78, 5) is 5.50. The van der Waals surface area contributed by atoms with E-state index >= 15 is 0 Å². The van der Waals surface area contributed by atoms with E-state index in [0.29, 0.717) is 12.1 Å². The molecular weight excluding hydrogens is 266 g/mol. The second kappa shape index (κ2) is 5.75. The average molecular weight is 282 g/mol. The predicted octanol–water partition coefficient (Wildman–Crippen LogP) is 3.89. The topological polar surface area (TPSA) is 24.9 Å². The number of rotatable bonds is 4. The summed E-state index contributed by atoms with van der Waals surface area (Å²) in [7, 11) is 0. The van der Waals surface area contributed by atoms with Crippen molar-refractivity contribution in [2.45, 2.75) is 33.4 Å². The lowest BCUT2D eigenvalue weighted by Crippen LogP contribution is -2.18. The minimum atomic E-state index is -0.548. The van der Waals surface area contributed by atoms with Crippen molar-refractivity contribution >= 4 is 11.3 Å². The van der Waals surface area contributed by atoms with Gasteiger partial charge in [0.05, 0.1) is 10.7 Å². The van der Waals surface area contributed by atoms with Crippen LogP contribution in [0.1, 0.15) is 34.1 Å². The first kappa shape index (κ1) is 14.1. The van der Waals surface area contributed by atoms with Crippen LogP contribution in [0.4, 0.5) is 8.78 Å². The van der Waals surface area contributed by atoms with Crippen LogP contribution < -0.4 is 5.32 Å². The zero-order valence-electron chi connectivity index (χ0n) is 11.1. The van der Waals surface area contributed by atoms with E-state index in [2.05, 4.69) is 10.3 Å². The molecule has 19 heavy (non-hydrogen) atoms. The summed E-state index contributed by atoms with van der Waals surface area (Å²) in [6.07, 6.45) is 0. The third-order valence-corrected chi connectivity index (χ3v) is 4.03. The van der Waals surface area contributed by atoms with Crippen molar-refractivity contribution in [2.24, 2.45) is 0 Å². The number of aryl methyl sites for hydroxylation is 2. The molecule has 0 amide bonds. The summed E-state index contributed by atoms with van der Waals surface area (Å²) in [5.41, 5.74) is 1.61. The lowest BCUT2D eigenvalue weighted by Gasteiger charge is -2.14. The number of nitrogens with zero attached hydrogens (tertiary/aromatic N) is 1. The van der Waals surface area contributed by atoms with Crippen molar-refractivity contribution in [1.82, 2.24) is 10.3 Å².